The predicted octanol–water partition coefficient (Wildman–Crippen LogP) is 1.20. The summed E-state index contributed by atoms with van der Waals surface area (Å²) in [6, 6.07) is 1.18. The summed E-state index contributed by atoms with van der Waals surface area (Å²) in [4.78, 5) is 37.2. The van der Waals surface area contributed by atoms with Crippen molar-refractivity contribution in [3.05, 3.63) is 33.1 Å². The lowest BCUT2D eigenvalue weighted by atomic mass is 9.93. The molecule has 12 nitrogen and oxygen atoms in total. The lowest BCUT2D eigenvalue weighted by Crippen LogP contribution is -2.55. The highest BCUT2D eigenvalue weighted by Crippen LogP contribution is 2.58. The Kier molecular flexibility index (Phi) is 7.74. The molecule has 3 heterocycles. The molecule has 1 aromatic heterocycles. The first-order valence-electron chi connectivity index (χ1n) is 10.5. The number of hydrogen-bond acceptors (Lipinski definition) is 10. The van der Waals surface area contributed by atoms with Crippen LogP contribution in [0.15, 0.2) is 21.9 Å². The zero-order valence-corrected chi connectivity index (χ0v) is 19.2. The number of phosphoric ester groups is 1. The number of aromatic amines is 1. The summed E-state index contributed by atoms with van der Waals surface area (Å²) >= 11 is 0. The van der Waals surface area contributed by atoms with E-state index in [0.717, 1.165) is 4.57 Å². The Bertz CT molecular complexity index is 973. The number of fused-ring (bicyclic) bond motifs is 1. The van der Waals surface area contributed by atoms with Gasteiger partial charge in [0.05, 0.1) is 24.9 Å². The molecule has 3 N–H and O–H groups in total. The van der Waals surface area contributed by atoms with Crippen LogP contribution < -0.4 is 17.0 Å². The molecule has 0 aliphatic carbocycles. The predicted molar refractivity (Wildman–Crippen MR) is 112 cm³/mol. The second-order valence-electron chi connectivity index (χ2n) is 8.36. The van der Waals surface area contributed by atoms with Gasteiger partial charge >= 0.3 is 19.5 Å². The Morgan fingerprint density at radius 3 is 2.81 bits per heavy atom. The molecule has 0 saturated carbocycles. The van der Waals surface area contributed by atoms with Crippen LogP contribution in [0.25, 0.3) is 0 Å². The molecular formula is C19H30N3O9P. The molecule has 13 heteroatoms. The number of carbonyl (C=O) groups excluding carboxylic acids is 1. The minimum absolute atomic E-state index is 0.0929. The van der Waals surface area contributed by atoms with Crippen LogP contribution in [-0.4, -0.2) is 52.6 Å². The molecule has 2 aliphatic rings. The van der Waals surface area contributed by atoms with Gasteiger partial charge in [-0.2, -0.15) is 0 Å². The Labute approximate surface area is 184 Å². The second kappa shape index (κ2) is 9.98. The Hall–Kier alpha value is -1.82. The van der Waals surface area contributed by atoms with Gasteiger partial charge in [-0.25, -0.2) is 9.36 Å². The zero-order valence-electron chi connectivity index (χ0n) is 18.4. The highest BCUT2D eigenvalue weighted by Gasteiger charge is 2.59. The number of nitrogens with zero attached hydrogens (tertiary/aromatic N) is 1. The van der Waals surface area contributed by atoms with Crippen molar-refractivity contribution in [2.24, 2.45) is 5.73 Å². The molecule has 0 amide bonds. The van der Waals surface area contributed by atoms with Crippen molar-refractivity contribution in [2.75, 3.05) is 13.2 Å². The number of aromatic nitrogens is 2. The first-order valence-corrected chi connectivity index (χ1v) is 12.0. The van der Waals surface area contributed by atoms with Gasteiger partial charge in [0.25, 0.3) is 5.56 Å². The molecule has 2 fully saturated rings. The van der Waals surface area contributed by atoms with E-state index in [4.69, 9.17) is 28.8 Å². The number of nitrogens with one attached hydrogen (secondary N) is 1. The van der Waals surface area contributed by atoms with Gasteiger partial charge in [-0.1, -0.05) is 6.42 Å². The van der Waals surface area contributed by atoms with E-state index < -0.39 is 43.0 Å². The van der Waals surface area contributed by atoms with E-state index in [1.165, 1.54) is 12.3 Å². The van der Waals surface area contributed by atoms with E-state index in [2.05, 4.69) is 4.98 Å². The SMILES string of the molecule is CC(C)OC(=O)CCCCCO[P@@]1(=O)OC[C@H]2O[C@@H](n3ccc(=O)[nH]c3=O)[C@](C)(N)[C@@H]2O1. The maximum absolute atomic E-state index is 12.9. The van der Waals surface area contributed by atoms with Crippen LogP contribution in [0.2, 0.25) is 0 Å². The molecule has 0 unspecified atom stereocenters. The summed E-state index contributed by atoms with van der Waals surface area (Å²) in [6.07, 6.45) is 0.778. The Morgan fingerprint density at radius 2 is 2.12 bits per heavy atom. The Morgan fingerprint density at radius 1 is 1.38 bits per heavy atom. The molecular weight excluding hydrogens is 445 g/mol. The monoisotopic (exact) mass is 475 g/mol. The van der Waals surface area contributed by atoms with E-state index in [1.54, 1.807) is 20.8 Å². The highest BCUT2D eigenvalue weighted by molar-refractivity contribution is 7.48. The number of hydrogen-bond donors (Lipinski definition) is 2. The largest absolute Gasteiger partial charge is 0.475 e. The minimum atomic E-state index is -3.88. The maximum atomic E-state index is 12.9. The van der Waals surface area contributed by atoms with Crippen LogP contribution in [0.3, 0.4) is 0 Å². The van der Waals surface area contributed by atoms with Gasteiger partial charge in [0.2, 0.25) is 0 Å². The second-order valence-corrected chi connectivity index (χ2v) is 9.98. The molecule has 0 aromatic carbocycles. The van der Waals surface area contributed by atoms with Crippen LogP contribution in [0.5, 0.6) is 0 Å². The molecule has 32 heavy (non-hydrogen) atoms. The first kappa shape index (κ1) is 24.8. The summed E-state index contributed by atoms with van der Waals surface area (Å²) in [6.45, 7) is 5.20. The van der Waals surface area contributed by atoms with Gasteiger partial charge in [0.15, 0.2) is 6.23 Å². The third-order valence-corrected chi connectivity index (χ3v) is 6.62. The van der Waals surface area contributed by atoms with Crippen LogP contribution in [-0.2, 0) is 32.4 Å². The molecule has 180 valence electrons. The molecule has 3 rings (SSSR count). The fraction of sp³-hybridized carbons (Fsp3) is 0.737. The summed E-state index contributed by atoms with van der Waals surface area (Å²) in [5.41, 5.74) is 3.93. The molecule has 0 bridgehead atoms. The van der Waals surface area contributed by atoms with E-state index in [1.807, 2.05) is 0 Å². The zero-order chi connectivity index (χ0) is 23.5. The van der Waals surface area contributed by atoms with Crippen molar-refractivity contribution in [1.82, 2.24) is 9.55 Å². The van der Waals surface area contributed by atoms with Crippen LogP contribution in [0.1, 0.15) is 52.7 Å². The quantitative estimate of drug-likeness (QED) is 0.302. The third-order valence-electron chi connectivity index (χ3n) is 5.17. The van der Waals surface area contributed by atoms with Gasteiger partial charge in [0, 0.05) is 18.7 Å². The van der Waals surface area contributed by atoms with Crippen molar-refractivity contribution >= 4 is 13.8 Å². The van der Waals surface area contributed by atoms with Gasteiger partial charge in [-0.05, 0) is 33.6 Å². The smallest absolute Gasteiger partial charge is 0.463 e. The summed E-state index contributed by atoms with van der Waals surface area (Å²) in [5, 5.41) is 0. The normalized spacial score (nSPS) is 32.1. The minimum Gasteiger partial charge on any atom is -0.463 e. The maximum Gasteiger partial charge on any atom is 0.475 e. The average molecular weight is 475 g/mol. The van der Waals surface area contributed by atoms with E-state index in [9.17, 15) is 18.9 Å². The number of esters is 1. The number of phosphoric acid groups is 1. The molecule has 0 radical (unpaired) electrons. The van der Waals surface area contributed by atoms with Crippen molar-refractivity contribution in [1.29, 1.82) is 0 Å². The highest BCUT2D eigenvalue weighted by atomic mass is 31.2. The fourth-order valence-electron chi connectivity index (χ4n) is 3.66. The number of carbonyl (C=O) groups is 1. The number of ether oxygens (including phenoxy) is 2. The van der Waals surface area contributed by atoms with Crippen molar-refractivity contribution in [2.45, 2.75) is 76.5 Å². The molecule has 2 aliphatic heterocycles. The lowest BCUT2D eigenvalue weighted by molar-refractivity contribution is -0.147. The number of nitrogens with two attached hydrogens (primary N) is 1. The van der Waals surface area contributed by atoms with Gasteiger partial charge < -0.3 is 15.2 Å². The standard InChI is InChI=1S/C19H30N3O9P/c1-12(2)29-15(24)7-5-4-6-10-27-32(26)28-11-13-16(31-32)19(3,20)17(30-13)22-9-8-14(23)21-18(22)25/h8-9,12-13,16-17H,4-7,10-11,20H2,1-3H3,(H,21,23,25)/t13-,16-,17-,19-,32+/m1/s1. The molecule has 5 atom stereocenters. The lowest BCUT2D eigenvalue weighted by Gasteiger charge is -2.35. The first-order chi connectivity index (χ1) is 15.0. The summed E-state index contributed by atoms with van der Waals surface area (Å²) in [7, 11) is -3.88. The van der Waals surface area contributed by atoms with Crippen molar-refractivity contribution in [3.8, 4) is 0 Å². The molecule has 0 spiro atoms. The number of H-pyrrole nitrogens is 1. The van der Waals surface area contributed by atoms with Crippen LogP contribution >= 0.6 is 7.82 Å². The fourth-order valence-corrected chi connectivity index (χ4v) is 5.18. The van der Waals surface area contributed by atoms with E-state index >= 15 is 0 Å². The Balaban J connectivity index is 1.53. The van der Waals surface area contributed by atoms with Crippen molar-refractivity contribution in [3.63, 3.8) is 0 Å². The van der Waals surface area contributed by atoms with Gasteiger partial charge in [-0.3, -0.25) is 32.7 Å². The van der Waals surface area contributed by atoms with Crippen LogP contribution in [0, 0.1) is 0 Å². The number of unbranched alkanes of at least 4 members (excludes halogenated alkanes) is 2. The summed E-state index contributed by atoms with van der Waals surface area (Å²) in [5.74, 6) is -0.252. The van der Waals surface area contributed by atoms with Gasteiger partial charge in [-0.15, -0.1) is 0 Å². The van der Waals surface area contributed by atoms with E-state index in [-0.39, 0.29) is 25.3 Å². The van der Waals surface area contributed by atoms with Crippen molar-refractivity contribution < 1.29 is 32.4 Å². The molecule has 1 aromatic rings. The van der Waals surface area contributed by atoms with E-state index in [0.29, 0.717) is 25.7 Å². The van der Waals surface area contributed by atoms with Gasteiger partial charge in [0.1, 0.15) is 12.2 Å². The number of rotatable bonds is 9. The molecule has 2 saturated heterocycles. The third kappa shape index (κ3) is 5.75. The summed E-state index contributed by atoms with van der Waals surface area (Å²) < 4.78 is 41.3. The average Bonchev–Trinajstić information content (AvgIpc) is 2.94. The topological polar surface area (TPSA) is 161 Å². The van der Waals surface area contributed by atoms with Crippen LogP contribution in [0.4, 0.5) is 0 Å².